The summed E-state index contributed by atoms with van der Waals surface area (Å²) in [5.74, 6) is 0.312. The second-order valence-electron chi connectivity index (χ2n) is 5.79. The molecule has 0 aliphatic heterocycles. The van der Waals surface area contributed by atoms with E-state index in [-0.39, 0.29) is 6.01 Å². The molecule has 0 bridgehead atoms. The molecule has 0 spiro atoms. The predicted octanol–water partition coefficient (Wildman–Crippen LogP) is 2.43. The van der Waals surface area contributed by atoms with Crippen LogP contribution < -0.4 is 10.5 Å². The van der Waals surface area contributed by atoms with E-state index in [0.29, 0.717) is 30.1 Å². The first kappa shape index (κ1) is 16.2. The topological polar surface area (TPSA) is 95.9 Å². The van der Waals surface area contributed by atoms with Gasteiger partial charge < -0.3 is 15.0 Å². The van der Waals surface area contributed by atoms with Gasteiger partial charge in [0.1, 0.15) is 6.29 Å². The summed E-state index contributed by atoms with van der Waals surface area (Å²) < 4.78 is 7.47. The van der Waals surface area contributed by atoms with Gasteiger partial charge in [-0.05, 0) is 30.4 Å². The normalized spacial score (nSPS) is 14.4. The lowest BCUT2D eigenvalue weighted by molar-refractivity contribution is -0.105. The van der Waals surface area contributed by atoms with E-state index in [1.807, 2.05) is 10.6 Å². The van der Waals surface area contributed by atoms with E-state index in [4.69, 9.17) is 10.5 Å². The Morgan fingerprint density at radius 2 is 2.29 bits per heavy atom. The first-order valence-corrected chi connectivity index (χ1v) is 8.17. The van der Waals surface area contributed by atoms with Crippen LogP contribution in [-0.2, 0) is 11.3 Å². The van der Waals surface area contributed by atoms with Gasteiger partial charge >= 0.3 is 6.01 Å². The second kappa shape index (κ2) is 7.25. The molecule has 0 saturated carbocycles. The Bertz CT molecular complexity index is 807. The molecule has 1 aliphatic carbocycles. The van der Waals surface area contributed by atoms with Crippen LogP contribution in [0.1, 0.15) is 32.6 Å². The van der Waals surface area contributed by atoms with Gasteiger partial charge in [0, 0.05) is 0 Å². The van der Waals surface area contributed by atoms with Gasteiger partial charge in [0.05, 0.1) is 19.5 Å². The molecule has 2 heterocycles. The predicted molar refractivity (Wildman–Crippen MR) is 91.6 cm³/mol. The van der Waals surface area contributed by atoms with Crippen molar-refractivity contribution >= 4 is 23.3 Å². The van der Waals surface area contributed by atoms with E-state index in [9.17, 15) is 4.79 Å². The van der Waals surface area contributed by atoms with Gasteiger partial charge in [0.2, 0.25) is 0 Å². The quantitative estimate of drug-likeness (QED) is 0.620. The number of fused-ring (bicyclic) bond motifs is 1. The van der Waals surface area contributed by atoms with Crippen LogP contribution in [-0.4, -0.2) is 32.4 Å². The number of allylic oxidation sites excluding steroid dienone is 4. The van der Waals surface area contributed by atoms with Gasteiger partial charge in [-0.25, -0.2) is 4.98 Å². The molecule has 0 saturated heterocycles. The minimum absolute atomic E-state index is 0.275. The Labute approximate surface area is 140 Å². The van der Waals surface area contributed by atoms with Crippen molar-refractivity contribution in [3.8, 4) is 6.01 Å². The summed E-state index contributed by atoms with van der Waals surface area (Å²) >= 11 is 0. The standard InChI is InChI=1S/C17H21N5O2/c1-2-3-7-24-17-20-15(18)14-16(21-17)22(11-19-14)9-12-5-4-6-13(8-12)10-23/h5,8,10-11H,2-4,6-7,9H2,1H3,(H2,18,20,21). The summed E-state index contributed by atoms with van der Waals surface area (Å²) in [5.41, 5.74) is 9.05. The van der Waals surface area contributed by atoms with Crippen LogP contribution in [0.2, 0.25) is 0 Å². The molecular formula is C17H21N5O2. The summed E-state index contributed by atoms with van der Waals surface area (Å²) in [6.07, 6.45) is 10.3. The fourth-order valence-corrected chi connectivity index (χ4v) is 2.63. The Hall–Kier alpha value is -2.70. The fourth-order valence-electron chi connectivity index (χ4n) is 2.63. The van der Waals surface area contributed by atoms with Crippen LogP contribution in [0.4, 0.5) is 5.82 Å². The number of anilines is 1. The maximum Gasteiger partial charge on any atom is 0.320 e. The third kappa shape index (κ3) is 3.45. The summed E-state index contributed by atoms with van der Waals surface area (Å²) in [6, 6.07) is 0.275. The van der Waals surface area contributed by atoms with Crippen molar-refractivity contribution in [3.63, 3.8) is 0 Å². The Kier molecular flexibility index (Phi) is 4.88. The van der Waals surface area contributed by atoms with Crippen LogP contribution in [0.15, 0.2) is 29.6 Å². The van der Waals surface area contributed by atoms with Gasteiger partial charge in [-0.15, -0.1) is 0 Å². The third-order valence-electron chi connectivity index (χ3n) is 3.91. The molecule has 0 fully saturated rings. The van der Waals surface area contributed by atoms with Crippen LogP contribution in [0.25, 0.3) is 11.2 Å². The molecule has 2 aromatic rings. The second-order valence-corrected chi connectivity index (χ2v) is 5.79. The highest BCUT2D eigenvalue weighted by Crippen LogP contribution is 2.22. The molecule has 2 N–H and O–H groups in total. The summed E-state index contributed by atoms with van der Waals surface area (Å²) in [5, 5.41) is 0. The fraction of sp³-hybridized carbons (Fsp3) is 0.412. The maximum absolute atomic E-state index is 11.0. The van der Waals surface area contributed by atoms with E-state index in [1.54, 1.807) is 6.33 Å². The zero-order chi connectivity index (χ0) is 16.9. The van der Waals surface area contributed by atoms with Crippen molar-refractivity contribution in [2.24, 2.45) is 0 Å². The lowest BCUT2D eigenvalue weighted by Crippen LogP contribution is -2.07. The summed E-state index contributed by atoms with van der Waals surface area (Å²) in [7, 11) is 0. The number of aromatic nitrogens is 4. The first-order chi connectivity index (χ1) is 11.7. The van der Waals surface area contributed by atoms with Crippen LogP contribution in [0.3, 0.4) is 0 Å². The number of aldehydes is 1. The molecule has 7 heteroatoms. The number of ether oxygens (including phenoxy) is 1. The molecule has 0 radical (unpaired) electrons. The number of hydrogen-bond acceptors (Lipinski definition) is 6. The number of rotatable bonds is 7. The molecule has 0 amide bonds. The molecule has 24 heavy (non-hydrogen) atoms. The van der Waals surface area contributed by atoms with Crippen molar-refractivity contribution in [3.05, 3.63) is 29.6 Å². The van der Waals surface area contributed by atoms with Crippen molar-refractivity contribution in [2.75, 3.05) is 12.3 Å². The number of carbonyl (C=O) groups excluding carboxylic acids is 1. The Morgan fingerprint density at radius 3 is 3.08 bits per heavy atom. The monoisotopic (exact) mass is 327 g/mol. The number of imidazole rings is 1. The van der Waals surface area contributed by atoms with Gasteiger partial charge in [0.25, 0.3) is 0 Å². The zero-order valence-electron chi connectivity index (χ0n) is 13.7. The molecule has 0 aromatic carbocycles. The molecule has 7 nitrogen and oxygen atoms in total. The summed E-state index contributed by atoms with van der Waals surface area (Å²) in [6.45, 7) is 3.24. The SMILES string of the molecule is CCCCOc1nc(N)c2ncn(CC3=CCCC(C=O)=C3)c2n1. The number of nitrogen functional groups attached to an aromatic ring is 1. The smallest absolute Gasteiger partial charge is 0.320 e. The van der Waals surface area contributed by atoms with Gasteiger partial charge in [0.15, 0.2) is 17.0 Å². The zero-order valence-corrected chi connectivity index (χ0v) is 13.7. The van der Waals surface area contributed by atoms with Gasteiger partial charge in [-0.3, -0.25) is 4.79 Å². The van der Waals surface area contributed by atoms with E-state index < -0.39 is 0 Å². The number of unbranched alkanes of at least 4 members (excludes halogenated alkanes) is 1. The highest BCUT2D eigenvalue weighted by molar-refractivity contribution is 5.82. The minimum atomic E-state index is 0.275. The van der Waals surface area contributed by atoms with E-state index in [1.165, 1.54) is 0 Å². The lowest BCUT2D eigenvalue weighted by atomic mass is 10.0. The molecular weight excluding hydrogens is 306 g/mol. The number of nitrogens with two attached hydrogens (primary N) is 1. The van der Waals surface area contributed by atoms with E-state index >= 15 is 0 Å². The van der Waals surface area contributed by atoms with Crippen LogP contribution >= 0.6 is 0 Å². The average Bonchev–Trinajstić information content (AvgIpc) is 2.99. The van der Waals surface area contributed by atoms with Crippen molar-refractivity contribution in [1.29, 1.82) is 0 Å². The average molecular weight is 327 g/mol. The molecule has 3 rings (SSSR count). The summed E-state index contributed by atoms with van der Waals surface area (Å²) in [4.78, 5) is 23.9. The number of carbonyl (C=O) groups is 1. The number of nitrogens with zero attached hydrogens (tertiary/aromatic N) is 4. The molecule has 0 unspecified atom stereocenters. The van der Waals surface area contributed by atoms with Crippen molar-refractivity contribution in [2.45, 2.75) is 39.2 Å². The molecule has 2 aromatic heterocycles. The van der Waals surface area contributed by atoms with Crippen LogP contribution in [0, 0.1) is 0 Å². The van der Waals surface area contributed by atoms with Gasteiger partial charge in [-0.1, -0.05) is 25.5 Å². The molecule has 0 atom stereocenters. The van der Waals surface area contributed by atoms with E-state index in [2.05, 4.69) is 28.0 Å². The largest absolute Gasteiger partial charge is 0.463 e. The number of hydrogen-bond donors (Lipinski definition) is 1. The van der Waals surface area contributed by atoms with Crippen molar-refractivity contribution < 1.29 is 9.53 Å². The molecule has 1 aliphatic rings. The Morgan fingerprint density at radius 1 is 1.42 bits per heavy atom. The molecule has 126 valence electrons. The van der Waals surface area contributed by atoms with Crippen LogP contribution in [0.5, 0.6) is 6.01 Å². The van der Waals surface area contributed by atoms with Crippen molar-refractivity contribution in [1.82, 2.24) is 19.5 Å². The Balaban J connectivity index is 1.87. The van der Waals surface area contributed by atoms with E-state index in [0.717, 1.165) is 43.1 Å². The minimum Gasteiger partial charge on any atom is -0.463 e. The maximum atomic E-state index is 11.0. The highest BCUT2D eigenvalue weighted by atomic mass is 16.5. The first-order valence-electron chi connectivity index (χ1n) is 8.17. The highest BCUT2D eigenvalue weighted by Gasteiger charge is 2.13. The third-order valence-corrected chi connectivity index (χ3v) is 3.91. The van der Waals surface area contributed by atoms with Gasteiger partial charge in [-0.2, -0.15) is 9.97 Å². The lowest BCUT2D eigenvalue weighted by Gasteiger charge is -2.11.